The summed E-state index contributed by atoms with van der Waals surface area (Å²) in [6.07, 6.45) is 1.36. The summed E-state index contributed by atoms with van der Waals surface area (Å²) in [7, 11) is 0. The number of carbonyl (C=O) groups is 1. The highest BCUT2D eigenvalue weighted by atomic mass is 32.1. The molecule has 2 aromatic carbocycles. The zero-order valence-electron chi connectivity index (χ0n) is 10.7. The van der Waals surface area contributed by atoms with Crippen LogP contribution in [-0.4, -0.2) is 15.9 Å². The number of hydrogen-bond acceptors (Lipinski definition) is 5. The van der Waals surface area contributed by atoms with E-state index in [1.807, 2.05) is 24.3 Å². The van der Waals surface area contributed by atoms with E-state index in [1.54, 1.807) is 18.2 Å². The highest BCUT2D eigenvalue weighted by Crippen LogP contribution is 2.26. The van der Waals surface area contributed by atoms with E-state index >= 15 is 0 Å². The third-order valence-corrected chi connectivity index (χ3v) is 4.06. The highest BCUT2D eigenvalue weighted by molar-refractivity contribution is 7.22. The molecule has 0 saturated carbocycles. The lowest BCUT2D eigenvalue weighted by Gasteiger charge is -2.00. The van der Waals surface area contributed by atoms with Crippen molar-refractivity contribution in [2.24, 2.45) is 0 Å². The lowest BCUT2D eigenvalue weighted by Crippen LogP contribution is -2.11. The van der Waals surface area contributed by atoms with Crippen molar-refractivity contribution in [2.45, 2.75) is 0 Å². The van der Waals surface area contributed by atoms with Crippen LogP contribution in [0.5, 0.6) is 0 Å². The van der Waals surface area contributed by atoms with E-state index in [9.17, 15) is 4.79 Å². The van der Waals surface area contributed by atoms with Gasteiger partial charge < -0.3 is 4.42 Å². The number of nitrogens with zero attached hydrogens (tertiary/aromatic N) is 2. The third-order valence-electron chi connectivity index (χ3n) is 3.11. The minimum atomic E-state index is -0.209. The maximum Gasteiger partial charge on any atom is 0.257 e. The number of oxazole rings is 1. The summed E-state index contributed by atoms with van der Waals surface area (Å²) in [5.41, 5.74) is 2.72. The molecule has 2 heterocycles. The average molecular weight is 295 g/mol. The molecule has 1 N–H and O–H groups in total. The Kier molecular flexibility index (Phi) is 2.68. The van der Waals surface area contributed by atoms with Crippen molar-refractivity contribution >= 4 is 43.7 Å². The third kappa shape index (κ3) is 2.15. The van der Waals surface area contributed by atoms with Crippen LogP contribution in [-0.2, 0) is 0 Å². The summed E-state index contributed by atoms with van der Waals surface area (Å²) in [5.74, 6) is -0.209. The predicted molar refractivity (Wildman–Crippen MR) is 81.6 cm³/mol. The molecule has 0 atom stereocenters. The molecule has 0 aliphatic rings. The van der Waals surface area contributed by atoms with E-state index < -0.39 is 0 Å². The van der Waals surface area contributed by atoms with Gasteiger partial charge in [0, 0.05) is 5.56 Å². The second kappa shape index (κ2) is 4.68. The van der Waals surface area contributed by atoms with Crippen molar-refractivity contribution in [1.29, 1.82) is 0 Å². The normalized spacial score (nSPS) is 11.0. The second-order valence-corrected chi connectivity index (χ2v) is 5.51. The van der Waals surface area contributed by atoms with Gasteiger partial charge in [-0.15, -0.1) is 0 Å². The maximum absolute atomic E-state index is 12.3. The fourth-order valence-electron chi connectivity index (χ4n) is 2.09. The molecule has 0 unspecified atom stereocenters. The number of benzene rings is 2. The fraction of sp³-hybridized carbons (Fsp3) is 0. The van der Waals surface area contributed by atoms with Gasteiger partial charge in [0.15, 0.2) is 17.1 Å². The van der Waals surface area contributed by atoms with Gasteiger partial charge in [0.05, 0.1) is 10.2 Å². The number of rotatable bonds is 2. The molecule has 1 amide bonds. The minimum absolute atomic E-state index is 0.209. The number of carbonyl (C=O) groups excluding carboxylic acids is 1. The van der Waals surface area contributed by atoms with Gasteiger partial charge in [-0.1, -0.05) is 23.5 Å². The Bertz CT molecular complexity index is 925. The first-order chi connectivity index (χ1) is 10.3. The van der Waals surface area contributed by atoms with E-state index in [1.165, 1.54) is 17.7 Å². The molecule has 5 nitrogen and oxygen atoms in total. The van der Waals surface area contributed by atoms with Gasteiger partial charge in [0.2, 0.25) is 0 Å². The Hall–Kier alpha value is -2.73. The number of fused-ring (bicyclic) bond motifs is 2. The first kappa shape index (κ1) is 12.0. The quantitative estimate of drug-likeness (QED) is 0.612. The Morgan fingerprint density at radius 1 is 1.14 bits per heavy atom. The molecule has 0 radical (unpaired) electrons. The van der Waals surface area contributed by atoms with E-state index in [-0.39, 0.29) is 5.91 Å². The van der Waals surface area contributed by atoms with Crippen molar-refractivity contribution in [3.63, 3.8) is 0 Å². The van der Waals surface area contributed by atoms with Crippen molar-refractivity contribution in [3.8, 4) is 0 Å². The molecule has 0 fully saturated rings. The largest absolute Gasteiger partial charge is 0.443 e. The van der Waals surface area contributed by atoms with Crippen molar-refractivity contribution < 1.29 is 9.21 Å². The summed E-state index contributed by atoms with van der Waals surface area (Å²) in [4.78, 5) is 20.7. The van der Waals surface area contributed by atoms with Crippen LogP contribution < -0.4 is 5.32 Å². The summed E-state index contributed by atoms with van der Waals surface area (Å²) in [5, 5.41) is 3.40. The van der Waals surface area contributed by atoms with Crippen LogP contribution >= 0.6 is 11.3 Å². The molecule has 6 heteroatoms. The van der Waals surface area contributed by atoms with Gasteiger partial charge in [0.1, 0.15) is 5.52 Å². The zero-order valence-corrected chi connectivity index (χ0v) is 11.6. The van der Waals surface area contributed by atoms with Gasteiger partial charge >= 0.3 is 0 Å². The topological polar surface area (TPSA) is 68.0 Å². The monoisotopic (exact) mass is 295 g/mol. The molecular formula is C15H9N3O2S. The number of para-hydroxylation sites is 1. The summed E-state index contributed by atoms with van der Waals surface area (Å²) < 4.78 is 6.20. The minimum Gasteiger partial charge on any atom is -0.443 e. The number of hydrogen-bond donors (Lipinski definition) is 1. The molecule has 0 aliphatic heterocycles. The summed E-state index contributed by atoms with van der Waals surface area (Å²) in [6, 6.07) is 12.9. The van der Waals surface area contributed by atoms with Crippen LogP contribution in [0.25, 0.3) is 21.3 Å². The molecule has 4 aromatic rings. The molecule has 102 valence electrons. The lowest BCUT2D eigenvalue weighted by atomic mass is 10.2. The molecule has 21 heavy (non-hydrogen) atoms. The average Bonchev–Trinajstić information content (AvgIpc) is 3.11. The molecule has 0 aliphatic carbocycles. The first-order valence-electron chi connectivity index (χ1n) is 6.30. The SMILES string of the molecule is O=C(Nc1nc2ccccc2s1)c1ccc2ocnc2c1. The predicted octanol–water partition coefficient (Wildman–Crippen LogP) is 3.69. The molecule has 0 saturated heterocycles. The van der Waals surface area contributed by atoms with E-state index in [0.29, 0.717) is 21.8 Å². The van der Waals surface area contributed by atoms with Crippen molar-refractivity contribution in [3.05, 3.63) is 54.4 Å². The molecule has 0 bridgehead atoms. The van der Waals surface area contributed by atoms with Crippen LogP contribution in [0.3, 0.4) is 0 Å². The number of nitrogens with one attached hydrogen (secondary N) is 1. The van der Waals surface area contributed by atoms with Crippen LogP contribution in [0.4, 0.5) is 5.13 Å². The first-order valence-corrected chi connectivity index (χ1v) is 7.11. The lowest BCUT2D eigenvalue weighted by molar-refractivity contribution is 0.102. The van der Waals surface area contributed by atoms with Crippen LogP contribution in [0.1, 0.15) is 10.4 Å². The maximum atomic E-state index is 12.3. The van der Waals surface area contributed by atoms with Gasteiger partial charge in [-0.05, 0) is 30.3 Å². The molecular weight excluding hydrogens is 286 g/mol. The van der Waals surface area contributed by atoms with Gasteiger partial charge in [-0.3, -0.25) is 10.1 Å². The molecule has 0 spiro atoms. The van der Waals surface area contributed by atoms with Gasteiger partial charge in [0.25, 0.3) is 5.91 Å². The van der Waals surface area contributed by atoms with E-state index in [4.69, 9.17) is 4.42 Å². The number of anilines is 1. The number of aromatic nitrogens is 2. The Morgan fingerprint density at radius 3 is 2.95 bits per heavy atom. The zero-order chi connectivity index (χ0) is 14.2. The smallest absolute Gasteiger partial charge is 0.257 e. The second-order valence-electron chi connectivity index (χ2n) is 4.48. The summed E-state index contributed by atoms with van der Waals surface area (Å²) >= 11 is 1.45. The van der Waals surface area contributed by atoms with Crippen LogP contribution in [0.15, 0.2) is 53.3 Å². The van der Waals surface area contributed by atoms with Crippen molar-refractivity contribution in [1.82, 2.24) is 9.97 Å². The molecule has 4 rings (SSSR count). The highest BCUT2D eigenvalue weighted by Gasteiger charge is 2.11. The fourth-order valence-corrected chi connectivity index (χ4v) is 2.95. The van der Waals surface area contributed by atoms with Crippen LogP contribution in [0, 0.1) is 0 Å². The molecule has 2 aromatic heterocycles. The van der Waals surface area contributed by atoms with Crippen molar-refractivity contribution in [2.75, 3.05) is 5.32 Å². The summed E-state index contributed by atoms with van der Waals surface area (Å²) in [6.45, 7) is 0. The Balaban J connectivity index is 1.64. The Morgan fingerprint density at radius 2 is 2.05 bits per heavy atom. The van der Waals surface area contributed by atoms with E-state index in [0.717, 1.165) is 10.2 Å². The number of amides is 1. The van der Waals surface area contributed by atoms with Gasteiger partial charge in [-0.2, -0.15) is 0 Å². The Labute approximate surface area is 123 Å². The van der Waals surface area contributed by atoms with E-state index in [2.05, 4.69) is 15.3 Å². The number of thiazole rings is 1. The van der Waals surface area contributed by atoms with Gasteiger partial charge in [-0.25, -0.2) is 9.97 Å². The van der Waals surface area contributed by atoms with Crippen LogP contribution in [0.2, 0.25) is 0 Å². The standard InChI is InChI=1S/C15H9N3O2S/c19-14(9-5-6-12-11(7-9)16-8-20-12)18-15-17-10-3-1-2-4-13(10)21-15/h1-8H,(H,17,18,19).